The fraction of sp³-hybridized carbons (Fsp3) is 0.231. The molecule has 0 spiro atoms. The molecular formula is C13H13N3O2S3. The molecule has 3 rings (SSSR count). The highest BCUT2D eigenvalue weighted by Gasteiger charge is 2.26. The van der Waals surface area contributed by atoms with Gasteiger partial charge in [0.1, 0.15) is 4.99 Å². The summed E-state index contributed by atoms with van der Waals surface area (Å²) in [6.07, 6.45) is 2.27. The van der Waals surface area contributed by atoms with Gasteiger partial charge in [-0.15, -0.1) is 11.3 Å². The van der Waals surface area contributed by atoms with E-state index in [1.807, 2.05) is 5.38 Å². The van der Waals surface area contributed by atoms with Crippen LogP contribution in [0.3, 0.4) is 0 Å². The lowest BCUT2D eigenvalue weighted by Crippen LogP contribution is -2.14. The molecule has 1 aliphatic carbocycles. The Morgan fingerprint density at radius 3 is 2.57 bits per heavy atom. The standard InChI is InChI=1S/C13H13N3O2S3/c14-12(19)9-3-5-10(6-4-9)21(17,18)16-13-15-11(7-20-13)8-1-2-8/h3-8H,1-2H2,(H2,14,19)(H,15,16). The maximum atomic E-state index is 12.3. The maximum Gasteiger partial charge on any atom is 0.263 e. The van der Waals surface area contributed by atoms with E-state index >= 15 is 0 Å². The zero-order valence-electron chi connectivity index (χ0n) is 10.9. The van der Waals surface area contributed by atoms with Crippen molar-refractivity contribution in [2.45, 2.75) is 23.7 Å². The Hall–Kier alpha value is -1.51. The van der Waals surface area contributed by atoms with Crippen LogP contribution in [-0.2, 0) is 10.0 Å². The Bertz CT molecular complexity index is 777. The quantitative estimate of drug-likeness (QED) is 0.817. The van der Waals surface area contributed by atoms with Gasteiger partial charge >= 0.3 is 0 Å². The topological polar surface area (TPSA) is 85.1 Å². The van der Waals surface area contributed by atoms with Gasteiger partial charge in [0.2, 0.25) is 0 Å². The second kappa shape index (κ2) is 5.36. The molecule has 1 heterocycles. The lowest BCUT2D eigenvalue weighted by atomic mass is 10.2. The minimum atomic E-state index is -3.63. The van der Waals surface area contributed by atoms with E-state index in [1.54, 1.807) is 12.1 Å². The molecule has 2 aromatic rings. The average Bonchev–Trinajstić information content (AvgIpc) is 3.20. The number of benzene rings is 1. The molecule has 1 aromatic heterocycles. The van der Waals surface area contributed by atoms with E-state index in [1.165, 1.54) is 23.5 Å². The highest BCUT2D eigenvalue weighted by molar-refractivity contribution is 7.93. The first kappa shape index (κ1) is 14.4. The van der Waals surface area contributed by atoms with Crippen LogP contribution >= 0.6 is 23.6 Å². The van der Waals surface area contributed by atoms with E-state index in [0.29, 0.717) is 16.6 Å². The summed E-state index contributed by atoms with van der Waals surface area (Å²) in [6, 6.07) is 6.14. The van der Waals surface area contributed by atoms with Crippen molar-refractivity contribution in [2.75, 3.05) is 4.72 Å². The van der Waals surface area contributed by atoms with Gasteiger partial charge < -0.3 is 5.73 Å². The molecule has 1 fully saturated rings. The van der Waals surface area contributed by atoms with Crippen LogP contribution in [0.1, 0.15) is 30.0 Å². The van der Waals surface area contributed by atoms with Gasteiger partial charge in [0.25, 0.3) is 10.0 Å². The second-order valence-electron chi connectivity index (χ2n) is 4.85. The number of thiocarbonyl (C=S) groups is 1. The highest BCUT2D eigenvalue weighted by Crippen LogP contribution is 2.41. The van der Waals surface area contributed by atoms with Crippen LogP contribution in [0.4, 0.5) is 5.13 Å². The zero-order chi connectivity index (χ0) is 15.0. The number of nitrogens with one attached hydrogen (secondary N) is 1. The van der Waals surface area contributed by atoms with Crippen molar-refractivity contribution in [3.8, 4) is 0 Å². The number of sulfonamides is 1. The monoisotopic (exact) mass is 339 g/mol. The van der Waals surface area contributed by atoms with Crippen molar-refractivity contribution in [3.63, 3.8) is 0 Å². The van der Waals surface area contributed by atoms with Crippen LogP contribution in [0.25, 0.3) is 0 Å². The summed E-state index contributed by atoms with van der Waals surface area (Å²) in [5.41, 5.74) is 7.10. The fourth-order valence-corrected chi connectivity index (χ4v) is 4.05. The van der Waals surface area contributed by atoms with Crippen molar-refractivity contribution in [2.24, 2.45) is 5.73 Å². The van der Waals surface area contributed by atoms with Crippen LogP contribution in [0.5, 0.6) is 0 Å². The third-order valence-corrected chi connectivity index (χ3v) is 5.68. The Balaban J connectivity index is 1.80. The van der Waals surface area contributed by atoms with Gasteiger partial charge in [0, 0.05) is 16.9 Å². The summed E-state index contributed by atoms with van der Waals surface area (Å²) in [7, 11) is -3.63. The molecule has 0 unspecified atom stereocenters. The molecule has 0 saturated heterocycles. The Morgan fingerprint density at radius 1 is 1.33 bits per heavy atom. The molecule has 0 amide bonds. The Kier molecular flexibility index (Phi) is 3.68. The van der Waals surface area contributed by atoms with E-state index in [-0.39, 0.29) is 9.88 Å². The molecule has 0 aliphatic heterocycles. The number of anilines is 1. The van der Waals surface area contributed by atoms with Gasteiger partial charge in [-0.3, -0.25) is 4.72 Å². The molecule has 1 aromatic carbocycles. The van der Waals surface area contributed by atoms with Crippen molar-refractivity contribution in [3.05, 3.63) is 40.9 Å². The van der Waals surface area contributed by atoms with Gasteiger partial charge in [0.05, 0.1) is 10.6 Å². The third kappa shape index (κ3) is 3.22. The summed E-state index contributed by atoms with van der Waals surface area (Å²) in [5.74, 6) is 0.504. The second-order valence-corrected chi connectivity index (χ2v) is 7.83. The normalized spacial score (nSPS) is 14.9. The molecule has 21 heavy (non-hydrogen) atoms. The molecule has 1 saturated carbocycles. The molecule has 110 valence electrons. The number of hydrogen-bond acceptors (Lipinski definition) is 5. The van der Waals surface area contributed by atoms with E-state index in [4.69, 9.17) is 18.0 Å². The van der Waals surface area contributed by atoms with Gasteiger partial charge in [-0.05, 0) is 25.0 Å². The molecule has 5 nitrogen and oxygen atoms in total. The average molecular weight is 339 g/mol. The van der Waals surface area contributed by atoms with Crippen molar-refractivity contribution in [1.82, 2.24) is 4.98 Å². The lowest BCUT2D eigenvalue weighted by molar-refractivity contribution is 0.601. The van der Waals surface area contributed by atoms with Crippen LogP contribution in [0, 0.1) is 0 Å². The SMILES string of the molecule is NC(=S)c1ccc(S(=O)(=O)Nc2nc(C3CC3)cs2)cc1. The first-order valence-electron chi connectivity index (χ1n) is 6.34. The minimum Gasteiger partial charge on any atom is -0.389 e. The molecule has 0 atom stereocenters. The van der Waals surface area contributed by atoms with Gasteiger partial charge in [0.15, 0.2) is 5.13 Å². The Morgan fingerprint density at radius 2 is 2.00 bits per heavy atom. The number of aromatic nitrogens is 1. The van der Waals surface area contributed by atoms with Crippen LogP contribution < -0.4 is 10.5 Å². The number of nitrogens with two attached hydrogens (primary N) is 1. The molecule has 1 aliphatic rings. The summed E-state index contributed by atoms with van der Waals surface area (Å²) in [5, 5.41) is 2.31. The minimum absolute atomic E-state index is 0.158. The maximum absolute atomic E-state index is 12.3. The van der Waals surface area contributed by atoms with Crippen LogP contribution in [0.15, 0.2) is 34.5 Å². The first-order chi connectivity index (χ1) is 9.95. The molecular weight excluding hydrogens is 326 g/mol. The Labute approximate surface area is 132 Å². The molecule has 3 N–H and O–H groups in total. The largest absolute Gasteiger partial charge is 0.389 e. The van der Waals surface area contributed by atoms with E-state index in [9.17, 15) is 8.42 Å². The summed E-state index contributed by atoms with van der Waals surface area (Å²) >= 11 is 6.15. The van der Waals surface area contributed by atoms with E-state index < -0.39 is 10.0 Å². The van der Waals surface area contributed by atoms with Crippen molar-refractivity contribution in [1.29, 1.82) is 0 Å². The first-order valence-corrected chi connectivity index (χ1v) is 9.11. The molecule has 0 bridgehead atoms. The number of thiazole rings is 1. The smallest absolute Gasteiger partial charge is 0.263 e. The molecule has 8 heteroatoms. The summed E-state index contributed by atoms with van der Waals surface area (Å²) < 4.78 is 27.0. The van der Waals surface area contributed by atoms with Crippen LogP contribution in [-0.4, -0.2) is 18.4 Å². The highest BCUT2D eigenvalue weighted by atomic mass is 32.2. The zero-order valence-corrected chi connectivity index (χ0v) is 13.4. The van der Waals surface area contributed by atoms with Crippen molar-refractivity contribution < 1.29 is 8.42 Å². The van der Waals surface area contributed by atoms with Gasteiger partial charge in [-0.2, -0.15) is 0 Å². The summed E-state index contributed by atoms with van der Waals surface area (Å²) in [4.78, 5) is 4.71. The van der Waals surface area contributed by atoms with Gasteiger partial charge in [-0.1, -0.05) is 24.4 Å². The van der Waals surface area contributed by atoms with Gasteiger partial charge in [-0.25, -0.2) is 13.4 Å². The number of hydrogen-bond donors (Lipinski definition) is 2. The number of nitrogens with zero attached hydrogens (tertiary/aromatic N) is 1. The predicted molar refractivity (Wildman–Crippen MR) is 87.2 cm³/mol. The van der Waals surface area contributed by atoms with E-state index in [2.05, 4.69) is 9.71 Å². The van der Waals surface area contributed by atoms with Crippen molar-refractivity contribution >= 4 is 43.7 Å². The summed E-state index contributed by atoms with van der Waals surface area (Å²) in [6.45, 7) is 0. The molecule has 0 radical (unpaired) electrons. The number of rotatable bonds is 5. The predicted octanol–water partition coefficient (Wildman–Crippen LogP) is 2.46. The van der Waals surface area contributed by atoms with Crippen LogP contribution in [0.2, 0.25) is 0 Å². The lowest BCUT2D eigenvalue weighted by Gasteiger charge is -2.06. The van der Waals surface area contributed by atoms with E-state index in [0.717, 1.165) is 18.5 Å². The third-order valence-electron chi connectivity index (χ3n) is 3.19. The fourth-order valence-electron chi connectivity index (χ4n) is 1.87.